The zero-order chi connectivity index (χ0) is 18.7. The number of phenols is 1. The lowest BCUT2D eigenvalue weighted by atomic mass is 10.2. The number of hydrogen-bond donors (Lipinski definition) is 3. The highest BCUT2D eigenvalue weighted by Crippen LogP contribution is 2.27. The minimum atomic E-state index is -1.07. The number of carboxylic acid groups (broad SMARTS) is 1. The van der Waals surface area contributed by atoms with E-state index in [4.69, 9.17) is 28.9 Å². The van der Waals surface area contributed by atoms with Crippen molar-refractivity contribution in [2.75, 3.05) is 36.4 Å². The van der Waals surface area contributed by atoms with E-state index < -0.39 is 5.97 Å². The molecule has 6 nitrogen and oxygen atoms in total. The van der Waals surface area contributed by atoms with Gasteiger partial charge in [-0.2, -0.15) is 0 Å². The summed E-state index contributed by atoms with van der Waals surface area (Å²) in [4.78, 5) is 15.2. The van der Waals surface area contributed by atoms with Crippen molar-refractivity contribution in [1.82, 2.24) is 4.90 Å². The van der Waals surface area contributed by atoms with Crippen LogP contribution in [0, 0.1) is 0 Å². The normalized spacial score (nSPS) is 14.2. The van der Waals surface area contributed by atoms with Crippen molar-refractivity contribution in [2.24, 2.45) is 0 Å². The number of phenolic OH excluding ortho intramolecular Hbond substituents is 1. The van der Waals surface area contributed by atoms with Gasteiger partial charge >= 0.3 is 5.97 Å². The first kappa shape index (κ1) is 18.3. The summed E-state index contributed by atoms with van der Waals surface area (Å²) in [6.45, 7) is 2.89. The number of halogens is 1. The average Bonchev–Trinajstić information content (AvgIpc) is 2.62. The molecular weight excluding hydrogens is 374 g/mol. The highest BCUT2D eigenvalue weighted by molar-refractivity contribution is 7.80. The first-order valence-corrected chi connectivity index (χ1v) is 8.86. The van der Waals surface area contributed by atoms with Crippen molar-refractivity contribution < 1.29 is 15.0 Å². The van der Waals surface area contributed by atoms with Gasteiger partial charge in [-0.25, -0.2) is 4.79 Å². The fourth-order valence-electron chi connectivity index (χ4n) is 2.85. The van der Waals surface area contributed by atoms with E-state index in [-0.39, 0.29) is 16.3 Å². The van der Waals surface area contributed by atoms with Gasteiger partial charge in [0.2, 0.25) is 0 Å². The number of anilines is 2. The average molecular weight is 392 g/mol. The largest absolute Gasteiger partial charge is 0.506 e. The van der Waals surface area contributed by atoms with Crippen LogP contribution < -0.4 is 10.2 Å². The van der Waals surface area contributed by atoms with Crippen LogP contribution in [-0.4, -0.2) is 52.4 Å². The lowest BCUT2D eigenvalue weighted by Gasteiger charge is -2.37. The number of rotatable bonds is 3. The van der Waals surface area contributed by atoms with Gasteiger partial charge < -0.3 is 25.3 Å². The molecule has 1 saturated heterocycles. The fraction of sp³-hybridized carbons (Fsp3) is 0.222. The Morgan fingerprint density at radius 1 is 1.12 bits per heavy atom. The van der Waals surface area contributed by atoms with E-state index in [0.29, 0.717) is 23.9 Å². The standard InChI is InChI=1S/C18H18ClN3O3S/c19-14-11-12(5-6-13(14)17(24)25)20-18(26)22-9-7-21(8-10-22)15-3-1-2-4-16(15)23/h1-6,11,23H,7-10H2,(H,20,26)(H,24,25). The first-order valence-electron chi connectivity index (χ1n) is 8.07. The Morgan fingerprint density at radius 2 is 1.81 bits per heavy atom. The number of nitrogens with one attached hydrogen (secondary N) is 1. The number of aromatic hydroxyl groups is 1. The Labute approximate surface area is 161 Å². The molecule has 26 heavy (non-hydrogen) atoms. The lowest BCUT2D eigenvalue weighted by molar-refractivity contribution is 0.0697. The molecule has 0 atom stereocenters. The predicted molar refractivity (Wildman–Crippen MR) is 107 cm³/mol. The molecule has 0 spiro atoms. The number of carboxylic acids is 1. The summed E-state index contributed by atoms with van der Waals surface area (Å²) in [6, 6.07) is 11.9. The van der Waals surface area contributed by atoms with Crippen LogP contribution in [0.4, 0.5) is 11.4 Å². The van der Waals surface area contributed by atoms with Gasteiger partial charge in [-0.3, -0.25) is 0 Å². The van der Waals surface area contributed by atoms with Crippen LogP contribution in [-0.2, 0) is 0 Å². The fourth-order valence-corrected chi connectivity index (χ4v) is 3.41. The first-order chi connectivity index (χ1) is 12.5. The molecule has 0 aromatic heterocycles. The van der Waals surface area contributed by atoms with Gasteiger partial charge in [0.05, 0.1) is 16.3 Å². The summed E-state index contributed by atoms with van der Waals surface area (Å²) in [5.74, 6) is -0.792. The second-order valence-electron chi connectivity index (χ2n) is 5.89. The highest BCUT2D eigenvalue weighted by atomic mass is 35.5. The SMILES string of the molecule is O=C(O)c1ccc(NC(=S)N2CCN(c3ccccc3O)CC2)cc1Cl. The van der Waals surface area contributed by atoms with E-state index in [0.717, 1.165) is 18.8 Å². The third-order valence-corrected chi connectivity index (χ3v) is 4.91. The minimum absolute atomic E-state index is 0.0550. The number of thiocarbonyl (C=S) groups is 1. The minimum Gasteiger partial charge on any atom is -0.506 e. The molecule has 1 aliphatic heterocycles. The van der Waals surface area contributed by atoms with Gasteiger partial charge in [0, 0.05) is 31.9 Å². The summed E-state index contributed by atoms with van der Waals surface area (Å²) >= 11 is 11.4. The quantitative estimate of drug-likeness (QED) is 0.693. The van der Waals surface area contributed by atoms with Crippen LogP contribution in [0.5, 0.6) is 5.75 Å². The van der Waals surface area contributed by atoms with Crippen molar-refractivity contribution >= 4 is 46.3 Å². The van der Waals surface area contributed by atoms with Crippen molar-refractivity contribution in [3.63, 3.8) is 0 Å². The van der Waals surface area contributed by atoms with Crippen molar-refractivity contribution in [2.45, 2.75) is 0 Å². The maximum Gasteiger partial charge on any atom is 0.337 e. The number of hydrogen-bond acceptors (Lipinski definition) is 4. The third-order valence-electron chi connectivity index (χ3n) is 4.24. The second-order valence-corrected chi connectivity index (χ2v) is 6.69. The van der Waals surface area contributed by atoms with Crippen LogP contribution >= 0.6 is 23.8 Å². The zero-order valence-corrected chi connectivity index (χ0v) is 15.4. The summed E-state index contributed by atoms with van der Waals surface area (Å²) in [5.41, 5.74) is 1.52. The van der Waals surface area contributed by atoms with Gasteiger partial charge in [0.25, 0.3) is 0 Å². The molecule has 3 N–H and O–H groups in total. The molecule has 1 heterocycles. The van der Waals surface area contributed by atoms with E-state index in [2.05, 4.69) is 10.2 Å². The van der Waals surface area contributed by atoms with Crippen LogP contribution in [0.25, 0.3) is 0 Å². The highest BCUT2D eigenvalue weighted by Gasteiger charge is 2.21. The lowest BCUT2D eigenvalue weighted by Crippen LogP contribution is -2.50. The maximum absolute atomic E-state index is 11.0. The van der Waals surface area contributed by atoms with Crippen molar-refractivity contribution in [1.29, 1.82) is 0 Å². The Bertz CT molecular complexity index is 838. The van der Waals surface area contributed by atoms with Gasteiger partial charge in [-0.1, -0.05) is 23.7 Å². The van der Waals surface area contributed by atoms with Gasteiger partial charge in [0.1, 0.15) is 5.75 Å². The van der Waals surface area contributed by atoms with Gasteiger partial charge in [-0.05, 0) is 42.5 Å². The molecule has 2 aromatic rings. The summed E-state index contributed by atoms with van der Waals surface area (Å²) in [5, 5.41) is 22.8. The molecule has 0 bridgehead atoms. The van der Waals surface area contributed by atoms with Crippen molar-refractivity contribution in [3.8, 4) is 5.75 Å². The smallest absolute Gasteiger partial charge is 0.337 e. The van der Waals surface area contributed by atoms with Gasteiger partial charge in [0.15, 0.2) is 5.11 Å². The molecule has 0 unspecified atom stereocenters. The van der Waals surface area contributed by atoms with E-state index in [1.54, 1.807) is 24.3 Å². The Morgan fingerprint density at radius 3 is 2.42 bits per heavy atom. The van der Waals surface area contributed by atoms with Gasteiger partial charge in [-0.15, -0.1) is 0 Å². The summed E-state index contributed by atoms with van der Waals surface area (Å²) in [7, 11) is 0. The second kappa shape index (κ2) is 7.80. The molecule has 136 valence electrons. The zero-order valence-electron chi connectivity index (χ0n) is 13.9. The summed E-state index contributed by atoms with van der Waals surface area (Å²) in [6.07, 6.45) is 0. The molecule has 2 aromatic carbocycles. The molecule has 3 rings (SSSR count). The van der Waals surface area contributed by atoms with Crippen LogP contribution in [0.2, 0.25) is 5.02 Å². The number of nitrogens with zero attached hydrogens (tertiary/aromatic N) is 2. The number of carbonyl (C=O) groups is 1. The molecule has 1 aliphatic rings. The van der Waals surface area contributed by atoms with Crippen LogP contribution in [0.15, 0.2) is 42.5 Å². The molecular formula is C18H18ClN3O3S. The third kappa shape index (κ3) is 4.00. The molecule has 0 saturated carbocycles. The molecule has 0 aliphatic carbocycles. The van der Waals surface area contributed by atoms with Crippen LogP contribution in [0.3, 0.4) is 0 Å². The number of piperazine rings is 1. The Kier molecular flexibility index (Phi) is 5.49. The number of para-hydroxylation sites is 2. The molecule has 8 heteroatoms. The molecule has 1 fully saturated rings. The van der Waals surface area contributed by atoms with E-state index in [1.165, 1.54) is 6.07 Å². The molecule has 0 radical (unpaired) electrons. The Hall–Kier alpha value is -2.51. The monoisotopic (exact) mass is 391 g/mol. The van der Waals surface area contributed by atoms with Crippen molar-refractivity contribution in [3.05, 3.63) is 53.1 Å². The van der Waals surface area contributed by atoms with E-state index in [9.17, 15) is 9.90 Å². The Balaban J connectivity index is 1.60. The summed E-state index contributed by atoms with van der Waals surface area (Å²) < 4.78 is 0. The maximum atomic E-state index is 11.0. The predicted octanol–water partition coefficient (Wildman–Crippen LogP) is 3.26. The number of benzene rings is 2. The van der Waals surface area contributed by atoms with E-state index >= 15 is 0 Å². The topological polar surface area (TPSA) is 76.0 Å². The molecule has 0 amide bonds. The number of aromatic carboxylic acids is 1. The van der Waals surface area contributed by atoms with E-state index in [1.807, 2.05) is 17.0 Å². The van der Waals surface area contributed by atoms with Crippen LogP contribution in [0.1, 0.15) is 10.4 Å².